The Morgan fingerprint density at radius 3 is 2.74 bits per heavy atom. The Balaban J connectivity index is 1.60. The normalized spacial score (nSPS) is 13.2. The van der Waals surface area contributed by atoms with Crippen LogP contribution in [0.5, 0.6) is 0 Å². The largest absolute Gasteiger partial charge is 0.491 e. The molecule has 23 heavy (non-hydrogen) atoms. The van der Waals surface area contributed by atoms with Crippen LogP contribution in [-0.4, -0.2) is 18.0 Å². The van der Waals surface area contributed by atoms with Crippen molar-refractivity contribution in [1.82, 2.24) is 0 Å². The van der Waals surface area contributed by atoms with Gasteiger partial charge >= 0.3 is 7.12 Å². The summed E-state index contributed by atoms with van der Waals surface area (Å²) in [7, 11) is -0.914. The van der Waals surface area contributed by atoms with Gasteiger partial charge in [0.05, 0.1) is 6.61 Å². The van der Waals surface area contributed by atoms with Crippen molar-refractivity contribution in [3.05, 3.63) is 71.8 Å². The maximum atomic E-state index is 12.4. The van der Waals surface area contributed by atoms with Gasteiger partial charge in [0.1, 0.15) is 0 Å². The molecule has 0 aromatic heterocycles. The number of carbonyl (C=O) groups is 1. The van der Waals surface area contributed by atoms with Crippen molar-refractivity contribution in [3.8, 4) is 0 Å². The second-order valence-electron chi connectivity index (χ2n) is 5.59. The van der Waals surface area contributed by atoms with Crippen LogP contribution in [0.15, 0.2) is 60.7 Å². The fourth-order valence-electron chi connectivity index (χ4n) is 2.83. The van der Waals surface area contributed by atoms with E-state index in [1.807, 2.05) is 54.6 Å². The molecular formula is C18H14BNO3. The molecule has 1 amide bonds. The van der Waals surface area contributed by atoms with Crippen molar-refractivity contribution in [2.24, 2.45) is 0 Å². The number of benzene rings is 3. The van der Waals surface area contributed by atoms with Crippen molar-refractivity contribution in [2.75, 3.05) is 5.32 Å². The first-order valence-corrected chi connectivity index (χ1v) is 7.43. The van der Waals surface area contributed by atoms with Crippen LogP contribution < -0.4 is 10.8 Å². The van der Waals surface area contributed by atoms with Crippen LogP contribution in [0.25, 0.3) is 10.8 Å². The molecule has 0 atom stereocenters. The molecule has 2 N–H and O–H groups in total. The van der Waals surface area contributed by atoms with Gasteiger partial charge < -0.3 is 15.0 Å². The molecular weight excluding hydrogens is 289 g/mol. The lowest BCUT2D eigenvalue weighted by atomic mass is 9.79. The Morgan fingerprint density at radius 1 is 1.04 bits per heavy atom. The topological polar surface area (TPSA) is 58.6 Å². The van der Waals surface area contributed by atoms with E-state index in [9.17, 15) is 9.82 Å². The molecule has 0 saturated carbocycles. The van der Waals surface area contributed by atoms with Crippen LogP contribution >= 0.6 is 0 Å². The van der Waals surface area contributed by atoms with E-state index in [2.05, 4.69) is 5.32 Å². The summed E-state index contributed by atoms with van der Waals surface area (Å²) in [6.45, 7) is 0.398. The standard InChI is InChI=1S/C18H14BNO3/c21-18(14-6-5-12-3-1-2-4-13(12)9-14)20-16-8-7-15-11-23-19(22)17(15)10-16/h1-10,22H,11H2,(H,20,21). The first-order chi connectivity index (χ1) is 11.2. The fourth-order valence-corrected chi connectivity index (χ4v) is 2.83. The predicted octanol–water partition coefficient (Wildman–Crippen LogP) is 2.31. The van der Waals surface area contributed by atoms with Crippen molar-refractivity contribution >= 4 is 34.9 Å². The molecule has 0 bridgehead atoms. The Labute approximate surface area is 133 Å². The van der Waals surface area contributed by atoms with E-state index in [0.717, 1.165) is 16.3 Å². The minimum atomic E-state index is -0.914. The summed E-state index contributed by atoms with van der Waals surface area (Å²) in [6, 6.07) is 19.0. The van der Waals surface area contributed by atoms with Crippen molar-refractivity contribution in [2.45, 2.75) is 6.61 Å². The van der Waals surface area contributed by atoms with E-state index in [1.54, 1.807) is 6.07 Å². The highest BCUT2D eigenvalue weighted by Crippen LogP contribution is 2.18. The van der Waals surface area contributed by atoms with Crippen LogP contribution in [-0.2, 0) is 11.3 Å². The molecule has 0 spiro atoms. The van der Waals surface area contributed by atoms with Crippen LogP contribution in [0.2, 0.25) is 0 Å². The van der Waals surface area contributed by atoms with Gasteiger partial charge in [0.15, 0.2) is 0 Å². The van der Waals surface area contributed by atoms with Gasteiger partial charge in [-0.05, 0) is 46.1 Å². The lowest BCUT2D eigenvalue weighted by Crippen LogP contribution is -2.28. The second kappa shape index (κ2) is 5.54. The molecule has 4 rings (SSSR count). The Bertz CT molecular complexity index is 910. The van der Waals surface area contributed by atoms with E-state index in [-0.39, 0.29) is 5.91 Å². The van der Waals surface area contributed by atoms with Crippen LogP contribution in [0, 0.1) is 0 Å². The van der Waals surface area contributed by atoms with Gasteiger partial charge in [-0.2, -0.15) is 0 Å². The third kappa shape index (κ3) is 2.61. The van der Waals surface area contributed by atoms with Gasteiger partial charge in [-0.25, -0.2) is 0 Å². The molecule has 1 aliphatic rings. The van der Waals surface area contributed by atoms with Crippen molar-refractivity contribution in [3.63, 3.8) is 0 Å². The van der Waals surface area contributed by atoms with Crippen molar-refractivity contribution < 1.29 is 14.5 Å². The Hall–Kier alpha value is -2.63. The zero-order chi connectivity index (χ0) is 15.8. The third-order valence-electron chi connectivity index (χ3n) is 4.08. The van der Waals surface area contributed by atoms with Gasteiger partial charge in [0.2, 0.25) is 0 Å². The fraction of sp³-hybridized carbons (Fsp3) is 0.0556. The summed E-state index contributed by atoms with van der Waals surface area (Å²) in [6.07, 6.45) is 0. The average Bonchev–Trinajstić information content (AvgIpc) is 2.95. The summed E-state index contributed by atoms with van der Waals surface area (Å²) in [5.74, 6) is -0.177. The molecule has 3 aromatic carbocycles. The molecule has 0 aliphatic carbocycles. The number of anilines is 1. The second-order valence-corrected chi connectivity index (χ2v) is 5.59. The maximum Gasteiger partial charge on any atom is 0.491 e. The maximum absolute atomic E-state index is 12.4. The summed E-state index contributed by atoms with van der Waals surface area (Å²) in [4.78, 5) is 12.4. The quantitative estimate of drug-likeness (QED) is 0.714. The summed E-state index contributed by atoms with van der Waals surface area (Å²) >= 11 is 0. The van der Waals surface area contributed by atoms with Gasteiger partial charge in [-0.15, -0.1) is 0 Å². The SMILES string of the molecule is O=C(Nc1ccc2c(c1)B(O)OC2)c1ccc2ccccc2c1. The molecule has 0 radical (unpaired) electrons. The molecule has 0 fully saturated rings. The van der Waals surface area contributed by atoms with Gasteiger partial charge in [-0.3, -0.25) is 4.79 Å². The van der Waals surface area contributed by atoms with Crippen molar-refractivity contribution in [1.29, 1.82) is 0 Å². The smallest absolute Gasteiger partial charge is 0.423 e. The predicted molar refractivity (Wildman–Crippen MR) is 90.7 cm³/mol. The first-order valence-electron chi connectivity index (χ1n) is 7.43. The molecule has 1 aliphatic heterocycles. The molecule has 0 unspecified atom stereocenters. The molecule has 1 heterocycles. The minimum absolute atomic E-state index is 0.177. The third-order valence-corrected chi connectivity index (χ3v) is 4.08. The molecule has 3 aromatic rings. The first kappa shape index (κ1) is 14.0. The molecule has 0 saturated heterocycles. The number of carbonyl (C=O) groups excluding carboxylic acids is 1. The van der Waals surface area contributed by atoms with E-state index >= 15 is 0 Å². The molecule has 112 valence electrons. The Morgan fingerprint density at radius 2 is 1.87 bits per heavy atom. The molecule has 4 nitrogen and oxygen atoms in total. The zero-order valence-electron chi connectivity index (χ0n) is 12.3. The van der Waals surface area contributed by atoms with Gasteiger partial charge in [0, 0.05) is 11.3 Å². The highest BCUT2D eigenvalue weighted by atomic mass is 16.5. The van der Waals surface area contributed by atoms with Crippen LogP contribution in [0.3, 0.4) is 0 Å². The summed E-state index contributed by atoms with van der Waals surface area (Å²) in [5, 5.41) is 14.7. The number of fused-ring (bicyclic) bond motifs is 2. The highest BCUT2D eigenvalue weighted by molar-refractivity contribution is 6.61. The monoisotopic (exact) mass is 303 g/mol. The van der Waals surface area contributed by atoms with E-state index in [4.69, 9.17) is 4.65 Å². The number of hydrogen-bond donors (Lipinski definition) is 2. The van der Waals surface area contributed by atoms with E-state index < -0.39 is 7.12 Å². The lowest BCUT2D eigenvalue weighted by Gasteiger charge is -2.08. The number of hydrogen-bond acceptors (Lipinski definition) is 3. The number of nitrogens with one attached hydrogen (secondary N) is 1. The minimum Gasteiger partial charge on any atom is -0.423 e. The number of rotatable bonds is 2. The van der Waals surface area contributed by atoms with Gasteiger partial charge in [-0.1, -0.05) is 36.4 Å². The molecule has 5 heteroatoms. The van der Waals surface area contributed by atoms with E-state index in [1.165, 1.54) is 0 Å². The van der Waals surface area contributed by atoms with Crippen LogP contribution in [0.1, 0.15) is 15.9 Å². The lowest BCUT2D eigenvalue weighted by molar-refractivity contribution is 0.102. The summed E-state index contributed by atoms with van der Waals surface area (Å²) < 4.78 is 5.16. The van der Waals surface area contributed by atoms with Crippen LogP contribution in [0.4, 0.5) is 5.69 Å². The zero-order valence-corrected chi connectivity index (χ0v) is 12.3. The van der Waals surface area contributed by atoms with E-state index in [0.29, 0.717) is 23.3 Å². The highest BCUT2D eigenvalue weighted by Gasteiger charge is 2.27. The number of amides is 1. The Kier molecular flexibility index (Phi) is 3.37. The average molecular weight is 303 g/mol. The summed E-state index contributed by atoms with van der Waals surface area (Å²) in [5.41, 5.74) is 2.90. The van der Waals surface area contributed by atoms with Gasteiger partial charge in [0.25, 0.3) is 5.91 Å².